The lowest BCUT2D eigenvalue weighted by molar-refractivity contribution is 0.276. The summed E-state index contributed by atoms with van der Waals surface area (Å²) in [4.78, 5) is 0. The Hall–Kier alpha value is -1.32. The van der Waals surface area contributed by atoms with Crippen molar-refractivity contribution >= 4 is 21.6 Å². The van der Waals surface area contributed by atoms with Crippen LogP contribution >= 0.6 is 15.9 Å². The van der Waals surface area contributed by atoms with Crippen LogP contribution in [-0.2, 0) is 0 Å². The molecule has 0 aliphatic rings. The number of hydrogen-bond donors (Lipinski definition) is 2. The second-order valence-electron chi connectivity index (χ2n) is 4.24. The van der Waals surface area contributed by atoms with Crippen molar-refractivity contribution in [3.8, 4) is 0 Å². The summed E-state index contributed by atoms with van der Waals surface area (Å²) >= 11 is 3.41. The molecule has 2 rings (SSSR count). The first-order valence-corrected chi connectivity index (χ1v) is 6.68. The summed E-state index contributed by atoms with van der Waals surface area (Å²) in [6.45, 7) is 2.13. The number of nitrogens with one attached hydrogen (secondary N) is 1. The fourth-order valence-corrected chi connectivity index (χ4v) is 2.21. The van der Waals surface area contributed by atoms with Gasteiger partial charge in [-0.2, -0.15) is 0 Å². The first-order valence-electron chi connectivity index (χ1n) is 5.89. The van der Waals surface area contributed by atoms with Gasteiger partial charge in [-0.1, -0.05) is 40.2 Å². The normalized spacial score (nSPS) is 12.2. The van der Waals surface area contributed by atoms with Gasteiger partial charge in [-0.15, -0.1) is 0 Å². The van der Waals surface area contributed by atoms with Gasteiger partial charge in [0.05, 0.1) is 12.6 Å². The van der Waals surface area contributed by atoms with Crippen molar-refractivity contribution in [2.45, 2.75) is 13.0 Å². The van der Waals surface area contributed by atoms with E-state index in [9.17, 15) is 5.11 Å². The van der Waals surface area contributed by atoms with Gasteiger partial charge in [-0.25, -0.2) is 0 Å². The number of hydrogen-bond acceptors (Lipinski definition) is 2. The summed E-state index contributed by atoms with van der Waals surface area (Å²) in [5, 5.41) is 12.9. The summed E-state index contributed by atoms with van der Waals surface area (Å²) in [5.41, 5.74) is 3.31. The number of benzene rings is 2. The molecule has 0 amide bonds. The van der Waals surface area contributed by atoms with Gasteiger partial charge < -0.3 is 10.4 Å². The van der Waals surface area contributed by atoms with Crippen LogP contribution in [-0.4, -0.2) is 11.7 Å². The maximum absolute atomic E-state index is 9.55. The zero-order valence-electron chi connectivity index (χ0n) is 10.2. The summed E-state index contributed by atoms with van der Waals surface area (Å²) in [6, 6.07) is 16.0. The zero-order chi connectivity index (χ0) is 13.0. The van der Waals surface area contributed by atoms with Gasteiger partial charge in [-0.05, 0) is 42.3 Å². The summed E-state index contributed by atoms with van der Waals surface area (Å²) in [6.07, 6.45) is 0. The van der Waals surface area contributed by atoms with Crippen molar-refractivity contribution in [1.29, 1.82) is 0 Å². The number of aliphatic hydroxyl groups is 1. The molecule has 0 aromatic heterocycles. The van der Waals surface area contributed by atoms with Gasteiger partial charge in [0.2, 0.25) is 0 Å². The molecule has 0 aliphatic heterocycles. The highest BCUT2D eigenvalue weighted by atomic mass is 79.9. The number of halogens is 1. The molecule has 0 bridgehead atoms. The molecule has 0 heterocycles. The molecule has 0 radical (unpaired) electrons. The van der Waals surface area contributed by atoms with E-state index in [0.29, 0.717) is 0 Å². The van der Waals surface area contributed by atoms with E-state index in [1.165, 1.54) is 5.56 Å². The minimum Gasteiger partial charge on any atom is -0.394 e. The monoisotopic (exact) mass is 305 g/mol. The Morgan fingerprint density at radius 2 is 1.78 bits per heavy atom. The Morgan fingerprint density at radius 1 is 1.11 bits per heavy atom. The topological polar surface area (TPSA) is 32.3 Å². The maximum atomic E-state index is 9.55. The lowest BCUT2D eigenvalue weighted by atomic mass is 10.0. The lowest BCUT2D eigenvalue weighted by Crippen LogP contribution is -2.15. The predicted octanol–water partition coefficient (Wildman–Crippen LogP) is 3.90. The first kappa shape index (κ1) is 13.1. The molecule has 1 atom stereocenters. The standard InChI is InChI=1S/C15H16BrNO/c1-11-4-2-3-5-14(11)15(10-18)17-13-8-6-12(16)7-9-13/h2-9,15,17-18H,10H2,1H3. The molecule has 2 nitrogen and oxygen atoms in total. The van der Waals surface area contributed by atoms with E-state index in [1.807, 2.05) is 42.5 Å². The van der Waals surface area contributed by atoms with Crippen LogP contribution in [0, 0.1) is 6.92 Å². The minimum absolute atomic E-state index is 0.0704. The van der Waals surface area contributed by atoms with Crippen LogP contribution in [0.2, 0.25) is 0 Å². The zero-order valence-corrected chi connectivity index (χ0v) is 11.8. The number of aryl methyl sites for hydroxylation is 1. The van der Waals surface area contributed by atoms with Crippen LogP contribution < -0.4 is 5.32 Å². The first-order chi connectivity index (χ1) is 8.70. The molecular formula is C15H16BrNO. The largest absolute Gasteiger partial charge is 0.394 e. The van der Waals surface area contributed by atoms with E-state index in [4.69, 9.17) is 0 Å². The molecule has 0 aliphatic carbocycles. The molecule has 0 saturated carbocycles. The highest BCUT2D eigenvalue weighted by Gasteiger charge is 2.11. The fourth-order valence-electron chi connectivity index (χ4n) is 1.95. The van der Waals surface area contributed by atoms with E-state index in [1.54, 1.807) is 0 Å². The molecule has 2 aromatic rings. The smallest absolute Gasteiger partial charge is 0.0747 e. The molecule has 0 fully saturated rings. The van der Waals surface area contributed by atoms with Crippen LogP contribution in [0.3, 0.4) is 0 Å². The third kappa shape index (κ3) is 3.12. The quantitative estimate of drug-likeness (QED) is 0.898. The summed E-state index contributed by atoms with van der Waals surface area (Å²) in [5.74, 6) is 0. The van der Waals surface area contributed by atoms with Gasteiger partial charge >= 0.3 is 0 Å². The van der Waals surface area contributed by atoms with Gasteiger partial charge in [0.25, 0.3) is 0 Å². The summed E-state index contributed by atoms with van der Waals surface area (Å²) in [7, 11) is 0. The van der Waals surface area contributed by atoms with Crippen molar-refractivity contribution in [2.24, 2.45) is 0 Å². The average Bonchev–Trinajstić information content (AvgIpc) is 2.39. The number of anilines is 1. The molecule has 18 heavy (non-hydrogen) atoms. The van der Waals surface area contributed by atoms with Crippen molar-refractivity contribution in [3.05, 3.63) is 64.1 Å². The van der Waals surface area contributed by atoms with E-state index >= 15 is 0 Å². The molecule has 94 valence electrons. The Labute approximate surface area is 116 Å². The Bertz CT molecular complexity index is 510. The molecule has 0 saturated heterocycles. The summed E-state index contributed by atoms with van der Waals surface area (Å²) < 4.78 is 1.05. The van der Waals surface area contributed by atoms with E-state index < -0.39 is 0 Å². The second kappa shape index (κ2) is 6.03. The third-order valence-electron chi connectivity index (χ3n) is 2.93. The molecule has 2 aromatic carbocycles. The molecule has 2 N–H and O–H groups in total. The van der Waals surface area contributed by atoms with Crippen molar-refractivity contribution in [2.75, 3.05) is 11.9 Å². The molecule has 0 spiro atoms. The number of rotatable bonds is 4. The Balaban J connectivity index is 2.20. The van der Waals surface area contributed by atoms with Crippen LogP contribution in [0.5, 0.6) is 0 Å². The van der Waals surface area contributed by atoms with Crippen LogP contribution in [0.25, 0.3) is 0 Å². The lowest BCUT2D eigenvalue weighted by Gasteiger charge is -2.20. The Kier molecular flexibility index (Phi) is 4.39. The molecule has 1 unspecified atom stereocenters. The third-order valence-corrected chi connectivity index (χ3v) is 3.46. The van der Waals surface area contributed by atoms with Gasteiger partial charge in [0.1, 0.15) is 0 Å². The molecular weight excluding hydrogens is 290 g/mol. The second-order valence-corrected chi connectivity index (χ2v) is 5.16. The van der Waals surface area contributed by atoms with Gasteiger partial charge in [0.15, 0.2) is 0 Å². The van der Waals surface area contributed by atoms with Gasteiger partial charge in [0, 0.05) is 10.2 Å². The highest BCUT2D eigenvalue weighted by molar-refractivity contribution is 9.10. The average molecular weight is 306 g/mol. The SMILES string of the molecule is Cc1ccccc1C(CO)Nc1ccc(Br)cc1. The highest BCUT2D eigenvalue weighted by Crippen LogP contribution is 2.23. The van der Waals surface area contributed by atoms with E-state index in [-0.39, 0.29) is 12.6 Å². The fraction of sp³-hybridized carbons (Fsp3) is 0.200. The van der Waals surface area contributed by atoms with Crippen molar-refractivity contribution < 1.29 is 5.11 Å². The predicted molar refractivity (Wildman–Crippen MR) is 78.8 cm³/mol. The van der Waals surface area contributed by atoms with E-state index in [0.717, 1.165) is 15.7 Å². The van der Waals surface area contributed by atoms with Crippen LogP contribution in [0.4, 0.5) is 5.69 Å². The van der Waals surface area contributed by atoms with Crippen molar-refractivity contribution in [3.63, 3.8) is 0 Å². The van der Waals surface area contributed by atoms with E-state index in [2.05, 4.69) is 34.2 Å². The minimum atomic E-state index is -0.0765. The van der Waals surface area contributed by atoms with Crippen LogP contribution in [0.15, 0.2) is 53.0 Å². The maximum Gasteiger partial charge on any atom is 0.0747 e. The molecule has 3 heteroatoms. The Morgan fingerprint density at radius 3 is 2.39 bits per heavy atom. The van der Waals surface area contributed by atoms with Crippen molar-refractivity contribution in [1.82, 2.24) is 0 Å². The van der Waals surface area contributed by atoms with Crippen LogP contribution in [0.1, 0.15) is 17.2 Å². The number of aliphatic hydroxyl groups excluding tert-OH is 1. The van der Waals surface area contributed by atoms with Gasteiger partial charge in [-0.3, -0.25) is 0 Å².